The van der Waals surface area contributed by atoms with E-state index in [1.807, 2.05) is 13.8 Å². The Hall–Kier alpha value is -0.680. The molecule has 0 unspecified atom stereocenters. The Kier molecular flexibility index (Phi) is 4.73. The molecule has 1 aromatic carbocycles. The maximum absolute atomic E-state index is 6.50. The number of hydrogen-bond acceptors (Lipinski definition) is 5. The summed E-state index contributed by atoms with van der Waals surface area (Å²) in [4.78, 5) is 1.17. The summed E-state index contributed by atoms with van der Waals surface area (Å²) in [6, 6.07) is 0. The quantitative estimate of drug-likeness (QED) is 0.553. The van der Waals surface area contributed by atoms with Crippen molar-refractivity contribution in [1.82, 2.24) is 0 Å². The molecule has 3 rings (SSSR count). The van der Waals surface area contributed by atoms with Crippen LogP contribution in [0, 0.1) is 0 Å². The Morgan fingerprint density at radius 3 is 2.12 bits per heavy atom. The van der Waals surface area contributed by atoms with Gasteiger partial charge in [-0.05, 0) is 38.4 Å². The lowest BCUT2D eigenvalue weighted by Crippen LogP contribution is -2.31. The predicted octanol–water partition coefficient (Wildman–Crippen LogP) is 6.36. The van der Waals surface area contributed by atoms with Gasteiger partial charge < -0.3 is 14.2 Å². The van der Waals surface area contributed by atoms with Gasteiger partial charge in [-0.25, -0.2) is 0 Å². The van der Waals surface area contributed by atoms with Crippen molar-refractivity contribution in [3.63, 3.8) is 0 Å². The van der Waals surface area contributed by atoms with Crippen molar-refractivity contribution in [3.8, 4) is 17.2 Å². The fourth-order valence-corrected chi connectivity index (χ4v) is 5.42. The summed E-state index contributed by atoms with van der Waals surface area (Å²) in [5.74, 6) is 2.20. The maximum Gasteiger partial charge on any atom is 0.246 e. The van der Waals surface area contributed by atoms with Gasteiger partial charge in [0.05, 0.1) is 4.90 Å². The number of fused-ring (bicyclic) bond motifs is 2. The first-order chi connectivity index (χ1) is 11.6. The van der Waals surface area contributed by atoms with E-state index in [1.54, 1.807) is 21.6 Å². The molecule has 140 valence electrons. The van der Waals surface area contributed by atoms with Crippen molar-refractivity contribution in [2.75, 3.05) is 6.26 Å². The van der Waals surface area contributed by atoms with E-state index in [2.05, 4.69) is 40.9 Å². The van der Waals surface area contributed by atoms with Gasteiger partial charge in [0.1, 0.15) is 11.4 Å². The molecule has 1 aromatic rings. The van der Waals surface area contributed by atoms with Crippen molar-refractivity contribution >= 4 is 21.6 Å². The second-order valence-corrected chi connectivity index (χ2v) is 10.7. The zero-order valence-electron chi connectivity index (χ0n) is 16.7. The second-order valence-electron chi connectivity index (χ2n) is 8.33. The molecular formula is C20H30O3S2. The summed E-state index contributed by atoms with van der Waals surface area (Å²) >= 11 is 0. The molecule has 2 heterocycles. The van der Waals surface area contributed by atoms with E-state index in [-0.39, 0.29) is 11.0 Å². The summed E-state index contributed by atoms with van der Waals surface area (Å²) in [5.41, 5.74) is 2.29. The highest BCUT2D eigenvalue weighted by Gasteiger charge is 2.47. The lowest BCUT2D eigenvalue weighted by Gasteiger charge is -2.31. The summed E-state index contributed by atoms with van der Waals surface area (Å²) in [5, 5.41) is 0. The van der Waals surface area contributed by atoms with E-state index in [0.717, 1.165) is 36.5 Å². The van der Waals surface area contributed by atoms with Gasteiger partial charge in [-0.3, -0.25) is 0 Å². The number of benzene rings is 1. The largest absolute Gasteiger partial charge is 0.487 e. The fraction of sp³-hybridized carbons (Fsp3) is 0.700. The molecule has 2 aliphatic rings. The van der Waals surface area contributed by atoms with Crippen LogP contribution >= 0.6 is 21.6 Å². The first-order valence-corrected chi connectivity index (χ1v) is 11.6. The SMILES string of the molecule is CCC(C)(CC)c1c2c(c(SSC)c3c1OC(C)(C)O3)CC(C)(C)O2. The van der Waals surface area contributed by atoms with Gasteiger partial charge in [-0.15, -0.1) is 0 Å². The Bertz CT molecular complexity index is 646. The Morgan fingerprint density at radius 1 is 0.960 bits per heavy atom. The van der Waals surface area contributed by atoms with Crippen LogP contribution in [-0.4, -0.2) is 17.6 Å². The van der Waals surface area contributed by atoms with Crippen LogP contribution in [0.1, 0.15) is 72.4 Å². The van der Waals surface area contributed by atoms with Crippen molar-refractivity contribution in [2.24, 2.45) is 0 Å². The van der Waals surface area contributed by atoms with Crippen LogP contribution in [-0.2, 0) is 11.8 Å². The van der Waals surface area contributed by atoms with E-state index in [0.29, 0.717) is 0 Å². The van der Waals surface area contributed by atoms with Gasteiger partial charge in [0, 0.05) is 31.4 Å². The molecule has 0 aliphatic carbocycles. The highest BCUT2D eigenvalue weighted by Crippen LogP contribution is 2.61. The Labute approximate surface area is 160 Å². The average Bonchev–Trinajstić information content (AvgIpc) is 3.01. The number of rotatable bonds is 5. The van der Waals surface area contributed by atoms with Crippen molar-refractivity contribution in [2.45, 2.75) is 89.4 Å². The molecule has 3 nitrogen and oxygen atoms in total. The van der Waals surface area contributed by atoms with E-state index in [1.165, 1.54) is 16.0 Å². The van der Waals surface area contributed by atoms with E-state index in [4.69, 9.17) is 14.2 Å². The number of ether oxygens (including phenoxy) is 3. The second kappa shape index (κ2) is 6.19. The van der Waals surface area contributed by atoms with Crippen LogP contribution in [0.15, 0.2) is 4.90 Å². The third kappa shape index (κ3) is 3.12. The molecule has 2 aliphatic heterocycles. The monoisotopic (exact) mass is 382 g/mol. The van der Waals surface area contributed by atoms with Crippen LogP contribution in [0.5, 0.6) is 17.2 Å². The molecule has 5 heteroatoms. The molecule has 25 heavy (non-hydrogen) atoms. The molecule has 0 atom stereocenters. The lowest BCUT2D eigenvalue weighted by atomic mass is 9.76. The molecule has 0 aromatic heterocycles. The number of hydrogen-bond donors (Lipinski definition) is 0. The maximum atomic E-state index is 6.50. The molecule has 0 N–H and O–H groups in total. The van der Waals surface area contributed by atoms with Crippen LogP contribution < -0.4 is 14.2 Å². The lowest BCUT2D eigenvalue weighted by molar-refractivity contribution is -0.0450. The van der Waals surface area contributed by atoms with Gasteiger partial charge >= 0.3 is 0 Å². The highest BCUT2D eigenvalue weighted by molar-refractivity contribution is 8.76. The minimum absolute atomic E-state index is 0.000914. The minimum atomic E-state index is -0.641. The third-order valence-electron chi connectivity index (χ3n) is 5.42. The van der Waals surface area contributed by atoms with E-state index in [9.17, 15) is 0 Å². The molecule has 0 spiro atoms. The first kappa shape index (κ1) is 19.1. The van der Waals surface area contributed by atoms with Crippen LogP contribution in [0.3, 0.4) is 0 Å². The van der Waals surface area contributed by atoms with Crippen molar-refractivity contribution in [3.05, 3.63) is 11.1 Å². The van der Waals surface area contributed by atoms with Gasteiger partial charge in [-0.2, -0.15) is 0 Å². The van der Waals surface area contributed by atoms with Gasteiger partial charge in [0.25, 0.3) is 0 Å². The summed E-state index contributed by atoms with van der Waals surface area (Å²) in [6.07, 6.45) is 5.07. The molecular weight excluding hydrogens is 352 g/mol. The molecule has 0 saturated heterocycles. The van der Waals surface area contributed by atoms with Crippen LogP contribution in [0.25, 0.3) is 0 Å². The summed E-state index contributed by atoms with van der Waals surface area (Å²) in [7, 11) is 3.49. The van der Waals surface area contributed by atoms with Crippen LogP contribution in [0.4, 0.5) is 0 Å². The standard InChI is InChI=1S/C20H30O3S2/c1-9-20(7,10-2)13-14-12(11-18(3,4)21-14)17(25-24-8)16-15(13)22-19(5,6)23-16/h9-11H2,1-8H3. The average molecular weight is 383 g/mol. The van der Waals surface area contributed by atoms with Crippen molar-refractivity contribution < 1.29 is 14.2 Å². The van der Waals surface area contributed by atoms with Crippen molar-refractivity contribution in [1.29, 1.82) is 0 Å². The molecule has 0 bridgehead atoms. The topological polar surface area (TPSA) is 27.7 Å². The van der Waals surface area contributed by atoms with Crippen LogP contribution in [0.2, 0.25) is 0 Å². The Morgan fingerprint density at radius 2 is 1.56 bits per heavy atom. The molecule has 0 radical (unpaired) electrons. The predicted molar refractivity (Wildman–Crippen MR) is 107 cm³/mol. The van der Waals surface area contributed by atoms with E-state index < -0.39 is 5.79 Å². The fourth-order valence-electron chi connectivity index (χ4n) is 3.75. The summed E-state index contributed by atoms with van der Waals surface area (Å²) < 4.78 is 19.1. The first-order valence-electron chi connectivity index (χ1n) is 9.08. The molecule has 0 saturated carbocycles. The van der Waals surface area contributed by atoms with Gasteiger partial charge in [0.15, 0.2) is 11.5 Å². The summed E-state index contributed by atoms with van der Waals surface area (Å²) in [6.45, 7) is 15.1. The van der Waals surface area contributed by atoms with Gasteiger partial charge in [0.2, 0.25) is 5.79 Å². The zero-order chi connectivity index (χ0) is 18.6. The van der Waals surface area contributed by atoms with Gasteiger partial charge in [-0.1, -0.05) is 42.4 Å². The molecule has 0 amide bonds. The normalized spacial score (nSPS) is 19.7. The highest BCUT2D eigenvalue weighted by atomic mass is 33.1. The minimum Gasteiger partial charge on any atom is -0.487 e. The van der Waals surface area contributed by atoms with E-state index >= 15 is 0 Å². The zero-order valence-corrected chi connectivity index (χ0v) is 18.3. The smallest absolute Gasteiger partial charge is 0.246 e. The third-order valence-corrected chi connectivity index (χ3v) is 7.19. The molecule has 0 fully saturated rings. The Balaban J connectivity index is 2.33.